The van der Waals surface area contributed by atoms with Crippen LogP contribution in [-0.4, -0.2) is 42.4 Å². The van der Waals surface area contributed by atoms with E-state index >= 15 is 0 Å². The van der Waals surface area contributed by atoms with Gasteiger partial charge in [-0.3, -0.25) is 4.40 Å². The second-order valence-corrected chi connectivity index (χ2v) is 8.96. The van der Waals surface area contributed by atoms with E-state index in [0.29, 0.717) is 11.7 Å². The maximum Gasteiger partial charge on any atom is 0.203 e. The van der Waals surface area contributed by atoms with E-state index in [1.54, 1.807) is 6.20 Å². The molecule has 0 radical (unpaired) electrons. The second kappa shape index (κ2) is 7.34. The van der Waals surface area contributed by atoms with Gasteiger partial charge < -0.3 is 20.6 Å². The molecule has 1 fully saturated rings. The Bertz CT molecular complexity index is 1580. The summed E-state index contributed by atoms with van der Waals surface area (Å²) in [7, 11) is 0. The number of imidazole rings is 2. The Labute approximate surface area is 195 Å². The van der Waals surface area contributed by atoms with Crippen LogP contribution in [0.1, 0.15) is 24.6 Å². The Balaban J connectivity index is 1.23. The van der Waals surface area contributed by atoms with E-state index in [1.807, 2.05) is 36.5 Å². The molecule has 34 heavy (non-hydrogen) atoms. The molecular weight excluding hydrogens is 424 g/mol. The number of nitrogens with two attached hydrogens (primary N) is 1. The monoisotopic (exact) mass is 448 g/mol. The van der Waals surface area contributed by atoms with Crippen molar-refractivity contribution in [3.05, 3.63) is 72.8 Å². The minimum atomic E-state index is 0.327. The Morgan fingerprint density at radius 2 is 1.71 bits per heavy atom. The fourth-order valence-corrected chi connectivity index (χ4v) is 5.20. The predicted molar refractivity (Wildman–Crippen MR) is 135 cm³/mol. The number of anilines is 2. The molecule has 168 valence electrons. The maximum absolute atomic E-state index is 6.36. The number of benzene rings is 2. The summed E-state index contributed by atoms with van der Waals surface area (Å²) in [5.41, 5.74) is 12.2. The molecule has 1 aliphatic heterocycles. The molecule has 2 aromatic carbocycles. The van der Waals surface area contributed by atoms with E-state index in [2.05, 4.69) is 48.5 Å². The lowest BCUT2D eigenvalue weighted by Gasteiger charge is -2.31. The average molecular weight is 449 g/mol. The molecule has 1 saturated heterocycles. The van der Waals surface area contributed by atoms with E-state index in [1.165, 1.54) is 0 Å². The molecule has 1 aliphatic rings. The summed E-state index contributed by atoms with van der Waals surface area (Å²) in [5, 5.41) is 1.15. The van der Waals surface area contributed by atoms with Crippen LogP contribution in [0.15, 0.2) is 67.0 Å². The number of nitrogens with one attached hydrogen (secondary N) is 2. The van der Waals surface area contributed by atoms with Crippen molar-refractivity contribution in [1.82, 2.24) is 29.3 Å². The van der Waals surface area contributed by atoms with Crippen LogP contribution in [0.3, 0.4) is 0 Å². The normalized spacial score (nSPS) is 15.1. The zero-order valence-corrected chi connectivity index (χ0v) is 18.6. The summed E-state index contributed by atoms with van der Waals surface area (Å²) in [4.78, 5) is 23.6. The zero-order chi connectivity index (χ0) is 22.6. The van der Waals surface area contributed by atoms with E-state index in [9.17, 15) is 0 Å². The number of hydrogen-bond donors (Lipinski definition) is 3. The third-order valence-electron chi connectivity index (χ3n) is 6.93. The van der Waals surface area contributed by atoms with Crippen molar-refractivity contribution in [3.8, 4) is 11.4 Å². The van der Waals surface area contributed by atoms with Crippen molar-refractivity contribution < 1.29 is 0 Å². The Kier molecular flexibility index (Phi) is 4.14. The molecule has 0 bridgehead atoms. The largest absolute Gasteiger partial charge is 0.382 e. The number of H-pyrrole nitrogens is 2. The van der Waals surface area contributed by atoms with E-state index < -0.39 is 0 Å². The molecule has 4 N–H and O–H groups in total. The lowest BCUT2D eigenvalue weighted by Crippen LogP contribution is -2.34. The van der Waals surface area contributed by atoms with Crippen molar-refractivity contribution >= 4 is 39.2 Å². The quantitative estimate of drug-likeness (QED) is 0.363. The van der Waals surface area contributed by atoms with Crippen molar-refractivity contribution in [3.63, 3.8) is 0 Å². The molecule has 5 heterocycles. The van der Waals surface area contributed by atoms with Gasteiger partial charge in [0, 0.05) is 42.3 Å². The number of hydrogen-bond acceptors (Lipinski definition) is 5. The highest BCUT2D eigenvalue weighted by Crippen LogP contribution is 2.35. The Morgan fingerprint density at radius 1 is 0.912 bits per heavy atom. The van der Waals surface area contributed by atoms with E-state index in [0.717, 1.165) is 76.5 Å². The summed E-state index contributed by atoms with van der Waals surface area (Å²) in [6.07, 6.45) is 5.72. The summed E-state index contributed by atoms with van der Waals surface area (Å²) in [6.45, 7) is 1.84. The molecule has 0 atom stereocenters. The Morgan fingerprint density at radius 3 is 2.53 bits per heavy atom. The molecule has 4 aromatic heterocycles. The first kappa shape index (κ1) is 19.2. The fourth-order valence-electron chi connectivity index (χ4n) is 5.20. The summed E-state index contributed by atoms with van der Waals surface area (Å²) in [6, 6.07) is 18.6. The zero-order valence-electron chi connectivity index (χ0n) is 18.6. The molecule has 8 heteroatoms. The van der Waals surface area contributed by atoms with Gasteiger partial charge in [0.2, 0.25) is 5.95 Å². The number of para-hydroxylation sites is 3. The number of aromatic nitrogens is 6. The third-order valence-corrected chi connectivity index (χ3v) is 6.93. The predicted octanol–water partition coefficient (Wildman–Crippen LogP) is 4.72. The third kappa shape index (κ3) is 2.95. The maximum atomic E-state index is 6.36. The first-order chi connectivity index (χ1) is 16.7. The molecule has 0 saturated carbocycles. The molecule has 7 rings (SSSR count). The number of fused-ring (bicyclic) bond motifs is 3. The van der Waals surface area contributed by atoms with Crippen LogP contribution in [0.4, 0.5) is 11.8 Å². The molecule has 0 aliphatic carbocycles. The van der Waals surface area contributed by atoms with Gasteiger partial charge in [-0.1, -0.05) is 30.3 Å². The highest BCUT2D eigenvalue weighted by atomic mass is 15.3. The number of piperidine rings is 1. The van der Waals surface area contributed by atoms with Gasteiger partial charge in [-0.15, -0.1) is 0 Å². The van der Waals surface area contributed by atoms with Gasteiger partial charge in [-0.2, -0.15) is 0 Å². The lowest BCUT2D eigenvalue weighted by molar-refractivity contribution is 0.480. The average Bonchev–Trinajstić information content (AvgIpc) is 3.59. The highest BCUT2D eigenvalue weighted by molar-refractivity contribution is 5.91. The van der Waals surface area contributed by atoms with Crippen LogP contribution >= 0.6 is 0 Å². The van der Waals surface area contributed by atoms with Gasteiger partial charge in [0.25, 0.3) is 0 Å². The number of aromatic amines is 2. The van der Waals surface area contributed by atoms with Crippen molar-refractivity contribution in [2.75, 3.05) is 23.7 Å². The van der Waals surface area contributed by atoms with Crippen LogP contribution in [0, 0.1) is 0 Å². The minimum Gasteiger partial charge on any atom is -0.382 e. The SMILES string of the molecule is Nc1nccn2c(C3CCN(c4nc5ccccc5[nH]4)CC3)nc(-c3cc4ccccc4[nH]3)c12. The first-order valence-electron chi connectivity index (χ1n) is 11.6. The van der Waals surface area contributed by atoms with Crippen molar-refractivity contribution in [1.29, 1.82) is 0 Å². The van der Waals surface area contributed by atoms with Crippen LogP contribution in [-0.2, 0) is 0 Å². The number of nitrogen functional groups attached to an aromatic ring is 1. The molecule has 6 aromatic rings. The van der Waals surface area contributed by atoms with Gasteiger partial charge in [-0.05, 0) is 37.1 Å². The topological polar surface area (TPSA) is 104 Å². The highest BCUT2D eigenvalue weighted by Gasteiger charge is 2.28. The first-order valence-corrected chi connectivity index (χ1v) is 11.6. The van der Waals surface area contributed by atoms with Gasteiger partial charge in [0.15, 0.2) is 0 Å². The fraction of sp³-hybridized carbons (Fsp3) is 0.192. The van der Waals surface area contributed by atoms with E-state index in [-0.39, 0.29) is 0 Å². The summed E-state index contributed by atoms with van der Waals surface area (Å²) >= 11 is 0. The van der Waals surface area contributed by atoms with Crippen LogP contribution in [0.25, 0.3) is 38.8 Å². The van der Waals surface area contributed by atoms with Crippen LogP contribution in [0.2, 0.25) is 0 Å². The molecule has 8 nitrogen and oxygen atoms in total. The summed E-state index contributed by atoms with van der Waals surface area (Å²) in [5.74, 6) is 2.81. The number of rotatable bonds is 3. The van der Waals surface area contributed by atoms with Crippen LogP contribution < -0.4 is 10.6 Å². The smallest absolute Gasteiger partial charge is 0.203 e. The summed E-state index contributed by atoms with van der Waals surface area (Å²) < 4.78 is 2.13. The minimum absolute atomic E-state index is 0.327. The van der Waals surface area contributed by atoms with Crippen LogP contribution in [0.5, 0.6) is 0 Å². The lowest BCUT2D eigenvalue weighted by atomic mass is 9.96. The molecule has 0 amide bonds. The van der Waals surface area contributed by atoms with Gasteiger partial charge in [-0.25, -0.2) is 15.0 Å². The number of nitrogens with zero attached hydrogens (tertiary/aromatic N) is 5. The van der Waals surface area contributed by atoms with Gasteiger partial charge >= 0.3 is 0 Å². The van der Waals surface area contributed by atoms with Gasteiger partial charge in [0.05, 0.1) is 16.7 Å². The molecular formula is C26H24N8. The Hall–Kier alpha value is -4.33. The molecule has 0 unspecified atom stereocenters. The van der Waals surface area contributed by atoms with Gasteiger partial charge in [0.1, 0.15) is 22.9 Å². The second-order valence-electron chi connectivity index (χ2n) is 8.96. The molecule has 0 spiro atoms. The standard InChI is InChI=1S/C26H24N8/c27-24-23-22(21-15-17-5-1-2-6-18(17)29-21)32-25(34(23)14-11-28-24)16-9-12-33(13-10-16)26-30-19-7-3-4-8-20(19)31-26/h1-8,11,14-16,29H,9-10,12-13H2,(H2,27,28)(H,30,31). The van der Waals surface area contributed by atoms with Crippen molar-refractivity contribution in [2.45, 2.75) is 18.8 Å². The van der Waals surface area contributed by atoms with Crippen molar-refractivity contribution in [2.24, 2.45) is 0 Å². The van der Waals surface area contributed by atoms with E-state index in [4.69, 9.17) is 15.7 Å².